The molecule has 2 aromatic carbocycles. The smallest absolute Gasteiger partial charge is 0.335 e. The first-order valence-corrected chi connectivity index (χ1v) is 13.7. The number of carboxylic acids is 1. The highest BCUT2D eigenvalue weighted by Gasteiger charge is 2.56. The van der Waals surface area contributed by atoms with Gasteiger partial charge in [0.15, 0.2) is 0 Å². The summed E-state index contributed by atoms with van der Waals surface area (Å²) < 4.78 is 34.5. The SMILES string of the molecule is Cc1cccc(C)c1-c1cc(OCC(N)CC23CC(C2)C3)nc(NS(=O)(=O)c2cccc(C(=O)O)c2)n1. The number of aromatic carboxylic acids is 1. The molecule has 0 amide bonds. The predicted molar refractivity (Wildman–Crippen MR) is 139 cm³/mol. The maximum Gasteiger partial charge on any atom is 0.335 e. The molecule has 1 aromatic heterocycles. The second kappa shape index (κ2) is 9.42. The molecule has 2 bridgehead atoms. The lowest BCUT2D eigenvalue weighted by molar-refractivity contribution is -0.117. The molecule has 3 aliphatic rings. The molecule has 37 heavy (non-hydrogen) atoms. The van der Waals surface area contributed by atoms with Crippen molar-refractivity contribution in [2.24, 2.45) is 17.1 Å². The standard InChI is InChI=1S/C27H30N4O5S/c1-16-5-3-6-17(2)24(16)22-10-23(36-15-20(28)14-27-11-18(12-27)13-27)30-26(29-22)31-37(34,35)21-8-4-7-19(9-21)25(32)33/h3-10,18,20H,11-15,28H2,1-2H3,(H,32,33)(H,29,30,31). The van der Waals surface area contributed by atoms with Gasteiger partial charge >= 0.3 is 5.97 Å². The number of sulfonamides is 1. The summed E-state index contributed by atoms with van der Waals surface area (Å²) in [5.41, 5.74) is 9.89. The highest BCUT2D eigenvalue weighted by Crippen LogP contribution is 2.66. The molecular formula is C27H30N4O5S. The molecule has 9 nitrogen and oxygen atoms in total. The topological polar surface area (TPSA) is 144 Å². The van der Waals surface area contributed by atoms with Crippen LogP contribution in [0.1, 0.15) is 47.2 Å². The van der Waals surface area contributed by atoms with Gasteiger partial charge in [0.1, 0.15) is 6.61 Å². The van der Waals surface area contributed by atoms with Crippen molar-refractivity contribution in [3.8, 4) is 17.1 Å². The van der Waals surface area contributed by atoms with E-state index in [0.29, 0.717) is 11.1 Å². The quantitative estimate of drug-likeness (QED) is 0.360. The van der Waals surface area contributed by atoms with Crippen LogP contribution in [-0.2, 0) is 10.0 Å². The number of ether oxygens (including phenoxy) is 1. The van der Waals surface area contributed by atoms with E-state index in [4.69, 9.17) is 10.5 Å². The van der Waals surface area contributed by atoms with Crippen molar-refractivity contribution in [2.45, 2.75) is 50.5 Å². The number of nitrogens with two attached hydrogens (primary N) is 1. The Morgan fingerprint density at radius 3 is 2.43 bits per heavy atom. The Morgan fingerprint density at radius 1 is 1.14 bits per heavy atom. The third-order valence-corrected chi connectivity index (χ3v) is 8.69. The molecule has 10 heteroatoms. The molecule has 3 fully saturated rings. The Morgan fingerprint density at radius 2 is 1.81 bits per heavy atom. The van der Waals surface area contributed by atoms with Gasteiger partial charge < -0.3 is 15.6 Å². The lowest BCUT2D eigenvalue weighted by atomic mass is 9.43. The average molecular weight is 523 g/mol. The molecule has 1 unspecified atom stereocenters. The average Bonchev–Trinajstić information content (AvgIpc) is 2.79. The number of nitrogens with zero attached hydrogens (tertiary/aromatic N) is 2. The fourth-order valence-electron chi connectivity index (χ4n) is 5.58. The summed E-state index contributed by atoms with van der Waals surface area (Å²) in [5.74, 6) is -0.320. The van der Waals surface area contributed by atoms with Gasteiger partial charge in [-0.05, 0) is 80.2 Å². The first kappa shape index (κ1) is 25.2. The summed E-state index contributed by atoms with van der Waals surface area (Å²) in [6.07, 6.45) is 4.65. The van der Waals surface area contributed by atoms with Gasteiger partial charge in [-0.1, -0.05) is 24.3 Å². The van der Waals surface area contributed by atoms with E-state index in [1.807, 2.05) is 32.0 Å². The summed E-state index contributed by atoms with van der Waals surface area (Å²) in [4.78, 5) is 19.9. The molecule has 0 saturated heterocycles. The van der Waals surface area contributed by atoms with Crippen LogP contribution in [0.3, 0.4) is 0 Å². The van der Waals surface area contributed by atoms with Gasteiger partial charge in [-0.15, -0.1) is 0 Å². The minimum absolute atomic E-state index is 0.144. The zero-order chi connectivity index (χ0) is 26.4. The third-order valence-electron chi connectivity index (χ3n) is 7.36. The number of anilines is 1. The second-order valence-electron chi connectivity index (χ2n) is 10.4. The normalized spacial score (nSPS) is 20.9. The fraction of sp³-hybridized carbons (Fsp3) is 0.370. The molecule has 0 radical (unpaired) electrons. The number of aromatic nitrogens is 2. The van der Waals surface area contributed by atoms with Crippen LogP contribution in [-0.4, -0.2) is 42.1 Å². The van der Waals surface area contributed by atoms with Crippen LogP contribution >= 0.6 is 0 Å². The first-order chi connectivity index (χ1) is 17.5. The molecule has 6 rings (SSSR count). The Balaban J connectivity index is 1.44. The van der Waals surface area contributed by atoms with Crippen LogP contribution in [0.4, 0.5) is 5.95 Å². The van der Waals surface area contributed by atoms with Crippen LogP contribution in [0.2, 0.25) is 0 Å². The van der Waals surface area contributed by atoms with Crippen LogP contribution < -0.4 is 15.2 Å². The van der Waals surface area contributed by atoms with E-state index in [1.54, 1.807) is 6.07 Å². The lowest BCUT2D eigenvalue weighted by Gasteiger charge is -2.63. The highest BCUT2D eigenvalue weighted by atomic mass is 32.2. The molecule has 0 aliphatic heterocycles. The van der Waals surface area contributed by atoms with E-state index < -0.39 is 16.0 Å². The Labute approximate surface area is 216 Å². The summed E-state index contributed by atoms with van der Waals surface area (Å²) in [7, 11) is -4.17. The number of rotatable bonds is 10. The van der Waals surface area contributed by atoms with Crippen molar-refractivity contribution in [3.05, 3.63) is 65.2 Å². The van der Waals surface area contributed by atoms with Gasteiger partial charge in [0.2, 0.25) is 11.8 Å². The molecule has 3 aromatic rings. The van der Waals surface area contributed by atoms with E-state index in [9.17, 15) is 18.3 Å². The van der Waals surface area contributed by atoms with Gasteiger partial charge in [0.25, 0.3) is 10.0 Å². The van der Waals surface area contributed by atoms with E-state index in [1.165, 1.54) is 37.5 Å². The molecular weight excluding hydrogens is 492 g/mol. The molecule has 0 spiro atoms. The predicted octanol–water partition coefficient (Wildman–Crippen LogP) is 4.16. The van der Waals surface area contributed by atoms with Gasteiger partial charge in [-0.25, -0.2) is 22.9 Å². The molecule has 3 saturated carbocycles. The summed E-state index contributed by atoms with van der Waals surface area (Å²) >= 11 is 0. The lowest BCUT2D eigenvalue weighted by Crippen LogP contribution is -2.54. The highest BCUT2D eigenvalue weighted by molar-refractivity contribution is 7.92. The van der Waals surface area contributed by atoms with Gasteiger partial charge in [0.05, 0.1) is 16.2 Å². The van der Waals surface area contributed by atoms with Crippen LogP contribution in [0.25, 0.3) is 11.3 Å². The Kier molecular flexibility index (Phi) is 6.41. The number of benzene rings is 2. The largest absolute Gasteiger partial charge is 0.478 e. The monoisotopic (exact) mass is 522 g/mol. The summed E-state index contributed by atoms with van der Waals surface area (Å²) in [6, 6.07) is 12.5. The zero-order valence-electron chi connectivity index (χ0n) is 20.8. The maximum absolute atomic E-state index is 13.1. The maximum atomic E-state index is 13.1. The summed E-state index contributed by atoms with van der Waals surface area (Å²) in [6.45, 7) is 4.15. The van der Waals surface area contributed by atoms with E-state index >= 15 is 0 Å². The van der Waals surface area contributed by atoms with Crippen molar-refractivity contribution in [2.75, 3.05) is 11.3 Å². The first-order valence-electron chi connectivity index (χ1n) is 12.2. The van der Waals surface area contributed by atoms with Crippen molar-refractivity contribution in [1.82, 2.24) is 9.97 Å². The molecule has 4 N–H and O–H groups in total. The second-order valence-corrected chi connectivity index (χ2v) is 12.1. The number of hydrogen-bond donors (Lipinski definition) is 3. The minimum atomic E-state index is -4.17. The minimum Gasteiger partial charge on any atom is -0.478 e. The van der Waals surface area contributed by atoms with Gasteiger partial charge in [-0.2, -0.15) is 4.98 Å². The van der Waals surface area contributed by atoms with Crippen LogP contribution in [0, 0.1) is 25.2 Å². The van der Waals surface area contributed by atoms with Gasteiger partial charge in [0, 0.05) is 17.7 Å². The van der Waals surface area contributed by atoms with Crippen molar-refractivity contribution >= 4 is 21.9 Å². The Bertz CT molecular complexity index is 1440. The number of carbonyl (C=O) groups is 1. The zero-order valence-corrected chi connectivity index (χ0v) is 21.6. The van der Waals surface area contributed by atoms with E-state index in [0.717, 1.165) is 35.1 Å². The van der Waals surface area contributed by atoms with Crippen molar-refractivity contribution in [3.63, 3.8) is 0 Å². The molecule has 1 heterocycles. The van der Waals surface area contributed by atoms with Gasteiger partial charge in [-0.3, -0.25) is 0 Å². The summed E-state index contributed by atoms with van der Waals surface area (Å²) in [5, 5.41) is 9.25. The Hall–Kier alpha value is -3.50. The van der Waals surface area contributed by atoms with Crippen molar-refractivity contribution < 1.29 is 23.1 Å². The van der Waals surface area contributed by atoms with Crippen LogP contribution in [0.15, 0.2) is 53.4 Å². The van der Waals surface area contributed by atoms with Crippen LogP contribution in [0.5, 0.6) is 5.88 Å². The fourth-order valence-corrected chi connectivity index (χ4v) is 6.57. The molecule has 3 aliphatic carbocycles. The number of aryl methyl sites for hydroxylation is 2. The number of hydrogen-bond acceptors (Lipinski definition) is 7. The van der Waals surface area contributed by atoms with Crippen molar-refractivity contribution in [1.29, 1.82) is 0 Å². The third kappa shape index (κ3) is 5.17. The molecule has 1 atom stereocenters. The van der Waals surface area contributed by atoms with E-state index in [-0.39, 0.29) is 34.9 Å². The number of carboxylic acid groups (broad SMARTS) is 1. The number of nitrogens with one attached hydrogen (secondary N) is 1. The van der Waals surface area contributed by atoms with E-state index in [2.05, 4.69) is 14.7 Å². The molecule has 194 valence electrons.